The zero-order chi connectivity index (χ0) is 13.5. The van der Waals surface area contributed by atoms with E-state index in [0.29, 0.717) is 0 Å². The molecule has 0 radical (unpaired) electrons. The fourth-order valence-electron chi connectivity index (χ4n) is 2.10. The quantitative estimate of drug-likeness (QED) is 0.825. The van der Waals surface area contributed by atoms with Gasteiger partial charge in [-0.2, -0.15) is 0 Å². The van der Waals surface area contributed by atoms with Crippen LogP contribution in [0.15, 0.2) is 22.7 Å². The summed E-state index contributed by atoms with van der Waals surface area (Å²) in [5.74, 6) is 0. The Hall–Kier alpha value is -0.540. The lowest BCUT2D eigenvalue weighted by Gasteiger charge is -2.24. The van der Waals surface area contributed by atoms with E-state index in [4.69, 9.17) is 5.73 Å². The molecule has 3 heteroatoms. The van der Waals surface area contributed by atoms with Crippen molar-refractivity contribution < 1.29 is 0 Å². The summed E-state index contributed by atoms with van der Waals surface area (Å²) in [5.41, 5.74) is 8.60. The molecule has 2 nitrogen and oxygen atoms in total. The molecular formula is C15H25BrN2. The van der Waals surface area contributed by atoms with Crippen molar-refractivity contribution in [2.75, 3.05) is 18.0 Å². The van der Waals surface area contributed by atoms with E-state index in [0.717, 1.165) is 25.9 Å². The first kappa shape index (κ1) is 15.5. The van der Waals surface area contributed by atoms with E-state index in [2.05, 4.69) is 59.8 Å². The summed E-state index contributed by atoms with van der Waals surface area (Å²) in [4.78, 5) is 2.40. The zero-order valence-electron chi connectivity index (χ0n) is 11.7. The Morgan fingerprint density at radius 1 is 1.28 bits per heavy atom. The van der Waals surface area contributed by atoms with Gasteiger partial charge in [0.05, 0.1) is 5.69 Å². The molecule has 0 bridgehead atoms. The van der Waals surface area contributed by atoms with E-state index in [9.17, 15) is 0 Å². The maximum Gasteiger partial charge on any atom is 0.0510 e. The first-order chi connectivity index (χ1) is 8.62. The number of hydrogen-bond donors (Lipinski definition) is 1. The van der Waals surface area contributed by atoms with Crippen LogP contribution in [0.4, 0.5) is 5.69 Å². The van der Waals surface area contributed by atoms with E-state index in [1.165, 1.54) is 22.1 Å². The lowest BCUT2D eigenvalue weighted by atomic mass is 10.0. The molecule has 1 unspecified atom stereocenters. The Balaban J connectivity index is 2.84. The van der Waals surface area contributed by atoms with Crippen LogP contribution in [0.5, 0.6) is 0 Å². The summed E-state index contributed by atoms with van der Waals surface area (Å²) < 4.78 is 1.18. The average Bonchev–Trinajstić information content (AvgIpc) is 2.36. The topological polar surface area (TPSA) is 29.3 Å². The molecule has 0 fully saturated rings. The molecule has 0 heterocycles. The van der Waals surface area contributed by atoms with Gasteiger partial charge in [0, 0.05) is 23.6 Å². The van der Waals surface area contributed by atoms with Gasteiger partial charge in [-0.1, -0.05) is 19.9 Å². The highest BCUT2D eigenvalue weighted by molar-refractivity contribution is 9.10. The Morgan fingerprint density at radius 2 is 2.00 bits per heavy atom. The first-order valence-corrected chi connectivity index (χ1v) is 7.70. The summed E-state index contributed by atoms with van der Waals surface area (Å²) in [6.07, 6.45) is 3.15. The van der Waals surface area contributed by atoms with Crippen molar-refractivity contribution in [1.29, 1.82) is 0 Å². The monoisotopic (exact) mass is 312 g/mol. The Morgan fingerprint density at radius 3 is 2.50 bits per heavy atom. The normalized spacial score (nSPS) is 12.5. The second-order valence-electron chi connectivity index (χ2n) is 4.74. The molecule has 1 aromatic carbocycles. The summed E-state index contributed by atoms with van der Waals surface area (Å²) in [6.45, 7) is 8.69. The molecule has 0 aliphatic carbocycles. The molecule has 18 heavy (non-hydrogen) atoms. The highest BCUT2D eigenvalue weighted by Gasteiger charge is 2.09. The Kier molecular flexibility index (Phi) is 6.72. The van der Waals surface area contributed by atoms with Crippen molar-refractivity contribution in [2.24, 2.45) is 5.73 Å². The van der Waals surface area contributed by atoms with Gasteiger partial charge in [-0.25, -0.2) is 0 Å². The van der Waals surface area contributed by atoms with Crippen LogP contribution in [-0.2, 0) is 6.42 Å². The molecule has 1 aromatic rings. The minimum Gasteiger partial charge on any atom is -0.371 e. The first-order valence-electron chi connectivity index (χ1n) is 6.91. The second-order valence-corrected chi connectivity index (χ2v) is 5.59. The van der Waals surface area contributed by atoms with E-state index < -0.39 is 0 Å². The third kappa shape index (κ3) is 4.29. The summed E-state index contributed by atoms with van der Waals surface area (Å²) in [6, 6.07) is 6.89. The van der Waals surface area contributed by atoms with Gasteiger partial charge in [0.2, 0.25) is 0 Å². The summed E-state index contributed by atoms with van der Waals surface area (Å²) in [5, 5.41) is 0. The van der Waals surface area contributed by atoms with Crippen molar-refractivity contribution in [1.82, 2.24) is 0 Å². The number of halogens is 1. The van der Waals surface area contributed by atoms with E-state index in [1.807, 2.05) is 0 Å². The SMILES string of the molecule is CCCN(CC)c1ccc(CC(N)CC)cc1Br. The molecule has 0 aliphatic rings. The van der Waals surface area contributed by atoms with Gasteiger partial charge >= 0.3 is 0 Å². The van der Waals surface area contributed by atoms with Gasteiger partial charge in [-0.05, 0) is 59.8 Å². The molecule has 0 amide bonds. The van der Waals surface area contributed by atoms with Crippen molar-refractivity contribution in [3.05, 3.63) is 28.2 Å². The van der Waals surface area contributed by atoms with Gasteiger partial charge in [0.1, 0.15) is 0 Å². The molecule has 1 atom stereocenters. The third-order valence-corrected chi connectivity index (χ3v) is 3.89. The van der Waals surface area contributed by atoms with Crippen LogP contribution in [-0.4, -0.2) is 19.1 Å². The van der Waals surface area contributed by atoms with Gasteiger partial charge in [-0.15, -0.1) is 0 Å². The van der Waals surface area contributed by atoms with E-state index >= 15 is 0 Å². The Labute approximate surface area is 120 Å². The third-order valence-electron chi connectivity index (χ3n) is 3.25. The average molecular weight is 313 g/mol. The predicted octanol–water partition coefficient (Wildman–Crippen LogP) is 3.97. The smallest absolute Gasteiger partial charge is 0.0510 e. The van der Waals surface area contributed by atoms with E-state index in [1.54, 1.807) is 0 Å². The number of rotatable bonds is 7. The molecule has 0 aromatic heterocycles. The van der Waals surface area contributed by atoms with Crippen molar-refractivity contribution >= 4 is 21.6 Å². The highest BCUT2D eigenvalue weighted by Crippen LogP contribution is 2.28. The standard InChI is InChI=1S/C15H25BrN2/c1-4-9-18(6-3)15-8-7-12(11-14(15)16)10-13(17)5-2/h7-8,11,13H,4-6,9-10,17H2,1-3H3. The molecule has 102 valence electrons. The molecule has 0 saturated heterocycles. The van der Waals surface area contributed by atoms with Crippen molar-refractivity contribution in [3.8, 4) is 0 Å². The minimum atomic E-state index is 0.265. The second kappa shape index (κ2) is 7.80. The molecule has 1 rings (SSSR count). The fraction of sp³-hybridized carbons (Fsp3) is 0.600. The van der Waals surface area contributed by atoms with E-state index in [-0.39, 0.29) is 6.04 Å². The van der Waals surface area contributed by atoms with Crippen LogP contribution >= 0.6 is 15.9 Å². The highest BCUT2D eigenvalue weighted by atomic mass is 79.9. The predicted molar refractivity (Wildman–Crippen MR) is 84.3 cm³/mol. The molecular weight excluding hydrogens is 288 g/mol. The summed E-state index contributed by atoms with van der Waals surface area (Å²) in [7, 11) is 0. The number of benzene rings is 1. The van der Waals surface area contributed by atoms with Crippen LogP contribution < -0.4 is 10.6 Å². The van der Waals surface area contributed by atoms with Crippen LogP contribution in [0.2, 0.25) is 0 Å². The minimum absolute atomic E-state index is 0.265. The van der Waals surface area contributed by atoms with Crippen molar-refractivity contribution in [3.63, 3.8) is 0 Å². The fourth-order valence-corrected chi connectivity index (χ4v) is 2.78. The zero-order valence-corrected chi connectivity index (χ0v) is 13.3. The number of hydrogen-bond acceptors (Lipinski definition) is 2. The Bertz CT molecular complexity index is 366. The lowest BCUT2D eigenvalue weighted by Crippen LogP contribution is -2.24. The van der Waals surface area contributed by atoms with Crippen LogP contribution in [0, 0.1) is 0 Å². The van der Waals surface area contributed by atoms with Crippen molar-refractivity contribution in [2.45, 2.75) is 46.1 Å². The van der Waals surface area contributed by atoms with Crippen LogP contribution in [0.3, 0.4) is 0 Å². The maximum atomic E-state index is 6.00. The van der Waals surface area contributed by atoms with Gasteiger partial charge in [0.25, 0.3) is 0 Å². The number of nitrogens with two attached hydrogens (primary N) is 1. The number of anilines is 1. The lowest BCUT2D eigenvalue weighted by molar-refractivity contribution is 0.646. The molecule has 0 spiro atoms. The van der Waals surface area contributed by atoms with Gasteiger partial charge < -0.3 is 10.6 Å². The molecule has 0 saturated carbocycles. The molecule has 0 aliphatic heterocycles. The summed E-state index contributed by atoms with van der Waals surface area (Å²) >= 11 is 3.69. The molecule has 2 N–H and O–H groups in total. The largest absolute Gasteiger partial charge is 0.371 e. The van der Waals surface area contributed by atoms with Gasteiger partial charge in [-0.3, -0.25) is 0 Å². The van der Waals surface area contributed by atoms with Crippen LogP contribution in [0.1, 0.15) is 39.2 Å². The van der Waals surface area contributed by atoms with Gasteiger partial charge in [0.15, 0.2) is 0 Å². The number of nitrogens with zero attached hydrogens (tertiary/aromatic N) is 1. The maximum absolute atomic E-state index is 6.00. The van der Waals surface area contributed by atoms with Crippen LogP contribution in [0.25, 0.3) is 0 Å².